The van der Waals surface area contributed by atoms with E-state index in [1.807, 2.05) is 0 Å². The Labute approximate surface area is 139 Å². The van der Waals surface area contributed by atoms with Crippen molar-refractivity contribution in [3.05, 3.63) is 29.8 Å². The van der Waals surface area contributed by atoms with Crippen LogP contribution in [-0.2, 0) is 28.6 Å². The van der Waals surface area contributed by atoms with Gasteiger partial charge in [0.25, 0.3) is 0 Å². The standard InChI is InChI=1S/C17H20O7/c1-21-13(18)8-10-9-24-12-7-5-4-6-11(12)14(10)15(16(19)22-2)17(20)23-3/h4-7,10,14-15H,8-9H2,1-3H3/t10-,14-/m0/s1. The Balaban J connectivity index is 2.49. The van der Waals surface area contributed by atoms with E-state index in [2.05, 4.69) is 0 Å². The first-order valence-electron chi connectivity index (χ1n) is 7.47. The molecule has 1 aliphatic rings. The van der Waals surface area contributed by atoms with E-state index in [-0.39, 0.29) is 13.0 Å². The predicted molar refractivity (Wildman–Crippen MR) is 82.3 cm³/mol. The lowest BCUT2D eigenvalue weighted by Crippen LogP contribution is -2.40. The molecular formula is C17H20O7. The van der Waals surface area contributed by atoms with E-state index in [4.69, 9.17) is 18.9 Å². The van der Waals surface area contributed by atoms with Gasteiger partial charge in [0.05, 0.1) is 34.4 Å². The SMILES string of the molecule is COC(=O)C[C@H]1COc2ccccc2[C@H]1C(C(=O)OC)C(=O)OC. The molecule has 7 nitrogen and oxygen atoms in total. The lowest BCUT2D eigenvalue weighted by atomic mass is 9.74. The summed E-state index contributed by atoms with van der Waals surface area (Å²) >= 11 is 0. The van der Waals surface area contributed by atoms with Gasteiger partial charge in [-0.2, -0.15) is 0 Å². The Bertz CT molecular complexity index is 609. The summed E-state index contributed by atoms with van der Waals surface area (Å²) in [6.07, 6.45) is 0.0139. The highest BCUT2D eigenvalue weighted by Gasteiger charge is 2.46. The molecule has 1 aromatic rings. The van der Waals surface area contributed by atoms with Gasteiger partial charge in [-0.15, -0.1) is 0 Å². The van der Waals surface area contributed by atoms with Crippen molar-refractivity contribution in [2.24, 2.45) is 11.8 Å². The summed E-state index contributed by atoms with van der Waals surface area (Å²) in [6.45, 7) is 0.182. The fourth-order valence-electron chi connectivity index (χ4n) is 3.02. The number of para-hydroxylation sites is 1. The van der Waals surface area contributed by atoms with E-state index in [9.17, 15) is 14.4 Å². The summed E-state index contributed by atoms with van der Waals surface area (Å²) in [5.41, 5.74) is 0.665. The number of fused-ring (bicyclic) bond motifs is 1. The van der Waals surface area contributed by atoms with Crippen LogP contribution < -0.4 is 4.74 Å². The molecule has 1 aliphatic heterocycles. The first kappa shape index (κ1) is 17.8. The third-order valence-electron chi connectivity index (χ3n) is 4.16. The minimum Gasteiger partial charge on any atom is -0.493 e. The molecule has 0 aromatic heterocycles. The third kappa shape index (κ3) is 3.50. The van der Waals surface area contributed by atoms with Gasteiger partial charge in [0.2, 0.25) is 0 Å². The molecule has 2 rings (SSSR count). The van der Waals surface area contributed by atoms with Crippen LogP contribution in [0.5, 0.6) is 5.75 Å². The fourth-order valence-corrected chi connectivity index (χ4v) is 3.02. The molecule has 2 atom stereocenters. The summed E-state index contributed by atoms with van der Waals surface area (Å²) in [6, 6.07) is 7.09. The van der Waals surface area contributed by atoms with Gasteiger partial charge in [0.15, 0.2) is 5.92 Å². The third-order valence-corrected chi connectivity index (χ3v) is 4.16. The molecule has 0 unspecified atom stereocenters. The fraction of sp³-hybridized carbons (Fsp3) is 0.471. The van der Waals surface area contributed by atoms with Gasteiger partial charge in [0, 0.05) is 11.8 Å². The normalized spacial score (nSPS) is 19.0. The molecule has 0 radical (unpaired) electrons. The number of ether oxygens (including phenoxy) is 4. The lowest BCUT2D eigenvalue weighted by Gasteiger charge is -2.35. The summed E-state index contributed by atoms with van der Waals surface area (Å²) < 4.78 is 20.0. The summed E-state index contributed by atoms with van der Waals surface area (Å²) in [4.78, 5) is 36.2. The molecule has 1 aromatic carbocycles. The van der Waals surface area contributed by atoms with Gasteiger partial charge in [-0.1, -0.05) is 18.2 Å². The Morgan fingerprint density at radius 3 is 2.29 bits per heavy atom. The van der Waals surface area contributed by atoms with Crippen LogP contribution in [-0.4, -0.2) is 45.8 Å². The highest BCUT2D eigenvalue weighted by atomic mass is 16.5. The van der Waals surface area contributed by atoms with Crippen LogP contribution in [0.25, 0.3) is 0 Å². The topological polar surface area (TPSA) is 88.1 Å². The van der Waals surface area contributed by atoms with Crippen molar-refractivity contribution in [2.75, 3.05) is 27.9 Å². The van der Waals surface area contributed by atoms with Gasteiger partial charge < -0.3 is 18.9 Å². The molecule has 130 valence electrons. The Morgan fingerprint density at radius 1 is 1.08 bits per heavy atom. The maximum Gasteiger partial charge on any atom is 0.320 e. The maximum atomic E-state index is 12.2. The Morgan fingerprint density at radius 2 is 1.71 bits per heavy atom. The monoisotopic (exact) mass is 336 g/mol. The largest absolute Gasteiger partial charge is 0.493 e. The summed E-state index contributed by atoms with van der Waals surface area (Å²) in [5.74, 6) is -3.50. The summed E-state index contributed by atoms with van der Waals surface area (Å²) in [5, 5.41) is 0. The number of hydrogen-bond donors (Lipinski definition) is 0. The lowest BCUT2D eigenvalue weighted by molar-refractivity contribution is -0.162. The first-order chi connectivity index (χ1) is 11.5. The molecule has 0 fully saturated rings. The van der Waals surface area contributed by atoms with Gasteiger partial charge in [0.1, 0.15) is 5.75 Å². The van der Waals surface area contributed by atoms with E-state index in [1.54, 1.807) is 24.3 Å². The molecule has 0 saturated carbocycles. The van der Waals surface area contributed by atoms with Crippen molar-refractivity contribution in [3.63, 3.8) is 0 Å². The highest BCUT2D eigenvalue weighted by Crippen LogP contribution is 2.43. The smallest absolute Gasteiger partial charge is 0.320 e. The van der Waals surface area contributed by atoms with Gasteiger partial charge in [-0.3, -0.25) is 14.4 Å². The number of carbonyl (C=O) groups excluding carboxylic acids is 3. The Hall–Kier alpha value is -2.57. The van der Waals surface area contributed by atoms with E-state index >= 15 is 0 Å². The van der Waals surface area contributed by atoms with E-state index in [0.29, 0.717) is 11.3 Å². The molecule has 1 heterocycles. The van der Waals surface area contributed by atoms with Crippen LogP contribution in [0.2, 0.25) is 0 Å². The van der Waals surface area contributed by atoms with Crippen LogP contribution in [0.1, 0.15) is 17.9 Å². The van der Waals surface area contributed by atoms with E-state index in [1.165, 1.54) is 21.3 Å². The molecule has 0 aliphatic carbocycles. The predicted octanol–water partition coefficient (Wildman–Crippen LogP) is 1.30. The van der Waals surface area contributed by atoms with Gasteiger partial charge in [-0.05, 0) is 11.6 Å². The van der Waals surface area contributed by atoms with E-state index < -0.39 is 35.7 Å². The molecule has 0 N–H and O–H groups in total. The average Bonchev–Trinajstić information content (AvgIpc) is 2.62. The molecule has 0 bridgehead atoms. The van der Waals surface area contributed by atoms with Crippen molar-refractivity contribution < 1.29 is 33.3 Å². The molecule has 0 amide bonds. The van der Waals surface area contributed by atoms with Crippen LogP contribution in [0.4, 0.5) is 0 Å². The zero-order chi connectivity index (χ0) is 17.7. The quantitative estimate of drug-likeness (QED) is 0.455. The maximum absolute atomic E-state index is 12.2. The molecular weight excluding hydrogens is 316 g/mol. The molecule has 0 saturated heterocycles. The van der Waals surface area contributed by atoms with Gasteiger partial charge >= 0.3 is 17.9 Å². The minimum absolute atomic E-state index is 0.0139. The van der Waals surface area contributed by atoms with E-state index in [0.717, 1.165) is 0 Å². The van der Waals surface area contributed by atoms with Crippen LogP contribution >= 0.6 is 0 Å². The zero-order valence-electron chi connectivity index (χ0n) is 13.8. The second-order valence-corrected chi connectivity index (χ2v) is 5.44. The Kier molecular flexibility index (Phi) is 5.78. The highest BCUT2D eigenvalue weighted by molar-refractivity contribution is 5.96. The summed E-state index contributed by atoms with van der Waals surface area (Å²) in [7, 11) is 3.70. The number of esters is 3. The number of hydrogen-bond acceptors (Lipinski definition) is 7. The van der Waals surface area contributed by atoms with Gasteiger partial charge in [-0.25, -0.2) is 0 Å². The van der Waals surface area contributed by atoms with Crippen LogP contribution in [0.15, 0.2) is 24.3 Å². The first-order valence-corrected chi connectivity index (χ1v) is 7.47. The zero-order valence-corrected chi connectivity index (χ0v) is 13.8. The van der Waals surface area contributed by atoms with Crippen molar-refractivity contribution in [1.82, 2.24) is 0 Å². The molecule has 7 heteroatoms. The molecule has 0 spiro atoms. The molecule has 24 heavy (non-hydrogen) atoms. The average molecular weight is 336 g/mol. The van der Waals surface area contributed by atoms with Crippen LogP contribution in [0.3, 0.4) is 0 Å². The number of methoxy groups -OCH3 is 3. The number of benzene rings is 1. The van der Waals surface area contributed by atoms with Crippen molar-refractivity contribution >= 4 is 17.9 Å². The minimum atomic E-state index is -1.18. The second kappa shape index (κ2) is 7.81. The van der Waals surface area contributed by atoms with Crippen molar-refractivity contribution in [2.45, 2.75) is 12.3 Å². The van der Waals surface area contributed by atoms with Crippen molar-refractivity contribution in [3.8, 4) is 5.75 Å². The number of rotatable bonds is 5. The second-order valence-electron chi connectivity index (χ2n) is 5.44. The number of carbonyl (C=O) groups is 3. The van der Waals surface area contributed by atoms with Crippen LogP contribution in [0, 0.1) is 11.8 Å². The van der Waals surface area contributed by atoms with Crippen molar-refractivity contribution in [1.29, 1.82) is 0 Å².